The van der Waals surface area contributed by atoms with Crippen LogP contribution in [0.5, 0.6) is 0 Å². The number of amides is 1. The summed E-state index contributed by atoms with van der Waals surface area (Å²) in [5.41, 5.74) is 0. The summed E-state index contributed by atoms with van der Waals surface area (Å²) >= 11 is 1.62. The molecular formula is C10H15ClN2O2S. The molecule has 2 heterocycles. The van der Waals surface area contributed by atoms with Gasteiger partial charge >= 0.3 is 0 Å². The van der Waals surface area contributed by atoms with E-state index in [1.807, 2.05) is 17.5 Å². The van der Waals surface area contributed by atoms with Crippen molar-refractivity contribution in [1.82, 2.24) is 10.6 Å². The number of hydrogen-bond donors (Lipinski definition) is 3. The van der Waals surface area contributed by atoms with Gasteiger partial charge in [-0.05, 0) is 17.9 Å². The van der Waals surface area contributed by atoms with Crippen molar-refractivity contribution in [2.75, 3.05) is 6.54 Å². The van der Waals surface area contributed by atoms with E-state index in [4.69, 9.17) is 0 Å². The van der Waals surface area contributed by atoms with Gasteiger partial charge in [-0.2, -0.15) is 0 Å². The van der Waals surface area contributed by atoms with Crippen molar-refractivity contribution in [2.45, 2.75) is 25.1 Å². The minimum Gasteiger partial charge on any atom is -0.392 e. The molecule has 1 aliphatic heterocycles. The fourth-order valence-electron chi connectivity index (χ4n) is 1.63. The van der Waals surface area contributed by atoms with Crippen molar-refractivity contribution in [3.63, 3.8) is 0 Å². The molecule has 16 heavy (non-hydrogen) atoms. The van der Waals surface area contributed by atoms with Crippen LogP contribution in [-0.4, -0.2) is 29.7 Å². The molecule has 1 fully saturated rings. The van der Waals surface area contributed by atoms with Crippen molar-refractivity contribution < 1.29 is 9.90 Å². The predicted molar refractivity (Wildman–Crippen MR) is 65.8 cm³/mol. The number of halogens is 1. The lowest BCUT2D eigenvalue weighted by Crippen LogP contribution is -2.39. The number of thiophene rings is 1. The van der Waals surface area contributed by atoms with E-state index in [1.54, 1.807) is 11.3 Å². The molecule has 0 bridgehead atoms. The molecule has 0 unspecified atom stereocenters. The molecule has 3 N–H and O–H groups in total. The highest BCUT2D eigenvalue weighted by molar-refractivity contribution is 7.09. The first-order chi connectivity index (χ1) is 7.25. The summed E-state index contributed by atoms with van der Waals surface area (Å²) in [5, 5.41) is 17.1. The van der Waals surface area contributed by atoms with Gasteiger partial charge in [0.1, 0.15) is 0 Å². The first-order valence-corrected chi connectivity index (χ1v) is 5.85. The molecule has 0 saturated carbocycles. The zero-order valence-corrected chi connectivity index (χ0v) is 10.3. The molecule has 1 aromatic heterocycles. The number of carbonyl (C=O) groups excluding carboxylic acids is 1. The van der Waals surface area contributed by atoms with Crippen molar-refractivity contribution in [2.24, 2.45) is 0 Å². The lowest BCUT2D eigenvalue weighted by molar-refractivity contribution is -0.123. The van der Waals surface area contributed by atoms with Gasteiger partial charge in [-0.3, -0.25) is 4.79 Å². The van der Waals surface area contributed by atoms with Gasteiger partial charge < -0.3 is 15.7 Å². The zero-order chi connectivity index (χ0) is 10.7. The Kier molecular flexibility index (Phi) is 5.21. The molecule has 0 aliphatic carbocycles. The lowest BCUT2D eigenvalue weighted by atomic mass is 10.2. The maximum Gasteiger partial charge on any atom is 0.237 e. The smallest absolute Gasteiger partial charge is 0.237 e. The van der Waals surface area contributed by atoms with Crippen molar-refractivity contribution in [3.05, 3.63) is 22.4 Å². The van der Waals surface area contributed by atoms with Crippen LogP contribution in [0.3, 0.4) is 0 Å². The molecule has 1 amide bonds. The molecule has 1 saturated heterocycles. The van der Waals surface area contributed by atoms with Crippen LogP contribution in [0.25, 0.3) is 0 Å². The Hall–Kier alpha value is -0.620. The molecule has 0 aromatic carbocycles. The van der Waals surface area contributed by atoms with Gasteiger partial charge in [0.05, 0.1) is 18.7 Å². The largest absolute Gasteiger partial charge is 0.392 e. The molecule has 0 radical (unpaired) electrons. The Labute approximate surface area is 104 Å². The van der Waals surface area contributed by atoms with Crippen LogP contribution in [0, 0.1) is 0 Å². The van der Waals surface area contributed by atoms with E-state index in [0.717, 1.165) is 4.88 Å². The first kappa shape index (κ1) is 13.4. The highest BCUT2D eigenvalue weighted by Crippen LogP contribution is 2.09. The summed E-state index contributed by atoms with van der Waals surface area (Å²) in [6, 6.07) is 3.71. The maximum absolute atomic E-state index is 11.6. The summed E-state index contributed by atoms with van der Waals surface area (Å²) in [6.07, 6.45) is 0.124. The maximum atomic E-state index is 11.6. The average Bonchev–Trinajstić information content (AvgIpc) is 2.84. The van der Waals surface area contributed by atoms with Gasteiger partial charge in [0.15, 0.2) is 0 Å². The zero-order valence-electron chi connectivity index (χ0n) is 8.68. The van der Waals surface area contributed by atoms with E-state index in [1.165, 1.54) is 0 Å². The summed E-state index contributed by atoms with van der Waals surface area (Å²) < 4.78 is 0. The highest BCUT2D eigenvalue weighted by atomic mass is 35.5. The van der Waals surface area contributed by atoms with Crippen LogP contribution in [-0.2, 0) is 11.3 Å². The number of nitrogens with one attached hydrogen (secondary N) is 2. The number of rotatable bonds is 3. The second kappa shape index (κ2) is 6.20. The van der Waals surface area contributed by atoms with E-state index < -0.39 is 0 Å². The van der Waals surface area contributed by atoms with Crippen LogP contribution in [0.15, 0.2) is 17.5 Å². The Morgan fingerprint density at radius 1 is 1.69 bits per heavy atom. The average molecular weight is 263 g/mol. The second-order valence-corrected chi connectivity index (χ2v) is 4.68. The summed E-state index contributed by atoms with van der Waals surface area (Å²) in [4.78, 5) is 12.7. The standard InChI is InChI=1S/C10H14N2O2S.ClH/c13-7-4-9(11-5-7)10(14)12-6-8-2-1-3-15-8;/h1-3,7,9,11,13H,4-6H2,(H,12,14);1H/t7-,9-;/m1./s1. The molecule has 4 nitrogen and oxygen atoms in total. The van der Waals surface area contributed by atoms with E-state index in [2.05, 4.69) is 10.6 Å². The van der Waals surface area contributed by atoms with Gasteiger partial charge in [-0.25, -0.2) is 0 Å². The van der Waals surface area contributed by atoms with Gasteiger partial charge in [0.2, 0.25) is 5.91 Å². The highest BCUT2D eigenvalue weighted by Gasteiger charge is 2.27. The minimum atomic E-state index is -0.387. The van der Waals surface area contributed by atoms with Crippen LogP contribution in [0.1, 0.15) is 11.3 Å². The Balaban J connectivity index is 0.00000128. The monoisotopic (exact) mass is 262 g/mol. The van der Waals surface area contributed by atoms with Gasteiger partial charge in [0, 0.05) is 11.4 Å². The molecule has 90 valence electrons. The van der Waals surface area contributed by atoms with Crippen LogP contribution in [0.2, 0.25) is 0 Å². The number of aliphatic hydroxyl groups is 1. The molecule has 1 aliphatic rings. The molecular weight excluding hydrogens is 248 g/mol. The SMILES string of the molecule is Cl.O=C(NCc1cccs1)[C@H]1C[C@@H](O)CN1. The molecule has 2 atom stereocenters. The van der Waals surface area contributed by atoms with E-state index >= 15 is 0 Å². The fraction of sp³-hybridized carbons (Fsp3) is 0.500. The Morgan fingerprint density at radius 2 is 2.50 bits per heavy atom. The summed E-state index contributed by atoms with van der Waals surface area (Å²) in [5.74, 6) is -0.0278. The quantitative estimate of drug-likeness (QED) is 0.744. The molecule has 2 rings (SSSR count). The molecule has 0 spiro atoms. The van der Waals surface area contributed by atoms with Crippen molar-refractivity contribution in [3.8, 4) is 0 Å². The normalized spacial score (nSPS) is 23.8. The number of carbonyl (C=O) groups is 1. The number of β-amino-alcohol motifs (C(OH)–C–C–N with tert-alkyl or cyclic N) is 1. The Bertz CT molecular complexity index is 332. The third-order valence-corrected chi connectivity index (χ3v) is 3.32. The topological polar surface area (TPSA) is 61.4 Å². The van der Waals surface area contributed by atoms with Gasteiger partial charge in [-0.15, -0.1) is 23.7 Å². The van der Waals surface area contributed by atoms with Gasteiger partial charge in [0.25, 0.3) is 0 Å². The van der Waals surface area contributed by atoms with Crippen molar-refractivity contribution >= 4 is 29.7 Å². The van der Waals surface area contributed by atoms with E-state index in [9.17, 15) is 9.90 Å². The van der Waals surface area contributed by atoms with E-state index in [0.29, 0.717) is 19.5 Å². The van der Waals surface area contributed by atoms with Crippen molar-refractivity contribution in [1.29, 1.82) is 0 Å². The molecule has 6 heteroatoms. The number of hydrogen-bond acceptors (Lipinski definition) is 4. The third kappa shape index (κ3) is 3.45. The first-order valence-electron chi connectivity index (χ1n) is 4.97. The van der Waals surface area contributed by atoms with Crippen LogP contribution >= 0.6 is 23.7 Å². The number of aliphatic hydroxyl groups excluding tert-OH is 1. The fourth-order valence-corrected chi connectivity index (χ4v) is 2.27. The Morgan fingerprint density at radius 3 is 3.06 bits per heavy atom. The van der Waals surface area contributed by atoms with Gasteiger partial charge in [-0.1, -0.05) is 6.07 Å². The molecule has 1 aromatic rings. The predicted octanol–water partition coefficient (Wildman–Crippen LogP) is 0.509. The minimum absolute atomic E-state index is 0. The van der Waals surface area contributed by atoms with Crippen LogP contribution in [0.4, 0.5) is 0 Å². The second-order valence-electron chi connectivity index (χ2n) is 3.65. The summed E-state index contributed by atoms with van der Waals surface area (Å²) in [6.45, 7) is 1.09. The van der Waals surface area contributed by atoms with E-state index in [-0.39, 0.29) is 30.5 Å². The third-order valence-electron chi connectivity index (χ3n) is 2.44. The lowest BCUT2D eigenvalue weighted by Gasteiger charge is -2.09. The summed E-state index contributed by atoms with van der Waals surface area (Å²) in [7, 11) is 0. The van der Waals surface area contributed by atoms with Crippen LogP contribution < -0.4 is 10.6 Å².